The topological polar surface area (TPSA) is 77.8 Å². The fraction of sp³-hybridized carbons (Fsp3) is 0.600. The number of likely N-dealkylation sites (N-methyl/N-ethyl adjacent to an activating group) is 1. The van der Waals surface area contributed by atoms with Crippen molar-refractivity contribution in [3.63, 3.8) is 0 Å². The van der Waals surface area contributed by atoms with E-state index in [1.165, 1.54) is 11.9 Å². The van der Waals surface area contributed by atoms with Gasteiger partial charge in [-0.2, -0.15) is 0 Å². The van der Waals surface area contributed by atoms with Crippen LogP contribution < -0.4 is 0 Å². The first-order valence-corrected chi connectivity index (χ1v) is 2.64. The van der Waals surface area contributed by atoms with Crippen LogP contribution in [0.3, 0.4) is 0 Å². The number of aliphatic carboxylic acids is 2. The van der Waals surface area contributed by atoms with E-state index in [0.717, 1.165) is 0 Å². The molecular formula is C5H11CaNO4. The van der Waals surface area contributed by atoms with Crippen LogP contribution in [0.15, 0.2) is 0 Å². The molecule has 0 amide bonds. The van der Waals surface area contributed by atoms with E-state index in [0.29, 0.717) is 0 Å². The van der Waals surface area contributed by atoms with Crippen molar-refractivity contribution in [1.29, 1.82) is 0 Å². The van der Waals surface area contributed by atoms with Crippen molar-refractivity contribution >= 4 is 49.7 Å². The minimum absolute atomic E-state index is 0. The molecule has 0 aliphatic heterocycles. The SMILES string of the molecule is CN(CC(=O)O)CC(=O)O.[Ca+2].[H-].[H-]. The molecule has 0 aliphatic rings. The predicted octanol–water partition coefficient (Wildman–Crippen LogP) is -1.07. The first-order valence-electron chi connectivity index (χ1n) is 2.64. The van der Waals surface area contributed by atoms with Crippen molar-refractivity contribution in [3.8, 4) is 0 Å². The van der Waals surface area contributed by atoms with Crippen molar-refractivity contribution in [2.45, 2.75) is 0 Å². The fourth-order valence-corrected chi connectivity index (χ4v) is 0.518. The van der Waals surface area contributed by atoms with Gasteiger partial charge >= 0.3 is 49.7 Å². The molecule has 11 heavy (non-hydrogen) atoms. The zero-order chi connectivity index (χ0) is 8.15. The standard InChI is InChI=1S/C5H9NO4.Ca.2H/c1-6(2-4(7)8)3-5(9)10;;;/h2-3H2,1H3,(H,7,8)(H,9,10);;;/q;+2;2*-1. The van der Waals surface area contributed by atoms with E-state index in [4.69, 9.17) is 10.2 Å². The summed E-state index contributed by atoms with van der Waals surface area (Å²) in [4.78, 5) is 21.1. The molecule has 0 rings (SSSR count). The van der Waals surface area contributed by atoms with Crippen LogP contribution in [0.1, 0.15) is 2.85 Å². The molecule has 0 aromatic carbocycles. The fourth-order valence-electron chi connectivity index (χ4n) is 0.518. The molecule has 0 radical (unpaired) electrons. The number of hydrogen-bond donors (Lipinski definition) is 2. The molecule has 0 aliphatic carbocycles. The molecule has 2 N–H and O–H groups in total. The van der Waals surface area contributed by atoms with Crippen molar-refractivity contribution in [2.24, 2.45) is 0 Å². The maximum Gasteiger partial charge on any atom is 2.00 e. The predicted molar refractivity (Wildman–Crippen MR) is 40.7 cm³/mol. The Morgan fingerprint density at radius 1 is 1.27 bits per heavy atom. The molecular weight excluding hydrogens is 178 g/mol. The summed E-state index contributed by atoms with van der Waals surface area (Å²) in [5.74, 6) is -2.05. The second-order valence-corrected chi connectivity index (χ2v) is 1.96. The van der Waals surface area contributed by atoms with Crippen LogP contribution in [0.25, 0.3) is 0 Å². The molecule has 6 heteroatoms. The van der Waals surface area contributed by atoms with Gasteiger partial charge in [0.25, 0.3) is 0 Å². The van der Waals surface area contributed by atoms with Crippen molar-refractivity contribution in [2.75, 3.05) is 20.1 Å². The van der Waals surface area contributed by atoms with Crippen LogP contribution in [-0.4, -0.2) is 84.9 Å². The summed E-state index contributed by atoms with van der Waals surface area (Å²) in [5, 5.41) is 16.3. The quantitative estimate of drug-likeness (QED) is 0.551. The van der Waals surface area contributed by atoms with Gasteiger partial charge in [0.1, 0.15) is 0 Å². The third-order valence-electron chi connectivity index (χ3n) is 0.810. The molecule has 0 bridgehead atoms. The summed E-state index contributed by atoms with van der Waals surface area (Å²) in [5.41, 5.74) is 0. The van der Waals surface area contributed by atoms with Gasteiger partial charge in [0.2, 0.25) is 0 Å². The minimum Gasteiger partial charge on any atom is -1.00 e. The Morgan fingerprint density at radius 3 is 1.73 bits per heavy atom. The maximum absolute atomic E-state index is 9.96. The first-order chi connectivity index (χ1) is 4.52. The number of carboxylic acids is 2. The molecule has 5 nitrogen and oxygen atoms in total. The van der Waals surface area contributed by atoms with Gasteiger partial charge in [-0.05, 0) is 7.05 Å². The number of rotatable bonds is 4. The summed E-state index contributed by atoms with van der Waals surface area (Å²) in [7, 11) is 1.43. The Labute approximate surface area is 97.0 Å². The van der Waals surface area contributed by atoms with Gasteiger partial charge < -0.3 is 13.1 Å². The normalized spacial score (nSPS) is 8.91. The van der Waals surface area contributed by atoms with Gasteiger partial charge in [0.15, 0.2) is 0 Å². The Morgan fingerprint density at radius 2 is 1.55 bits per heavy atom. The van der Waals surface area contributed by atoms with Crippen molar-refractivity contribution in [1.82, 2.24) is 4.90 Å². The molecule has 62 valence electrons. The van der Waals surface area contributed by atoms with Crippen LogP contribution >= 0.6 is 0 Å². The molecule has 0 atom stereocenters. The minimum atomic E-state index is -1.02. The van der Waals surface area contributed by atoms with Gasteiger partial charge in [-0.15, -0.1) is 0 Å². The molecule has 0 fully saturated rings. The van der Waals surface area contributed by atoms with E-state index in [9.17, 15) is 9.59 Å². The zero-order valence-electron chi connectivity index (χ0n) is 8.28. The largest absolute Gasteiger partial charge is 2.00 e. The molecule has 0 saturated heterocycles. The molecule has 0 heterocycles. The Bertz CT molecular complexity index is 141. The zero-order valence-corrected chi connectivity index (χ0v) is 8.49. The summed E-state index contributed by atoms with van der Waals surface area (Å²) < 4.78 is 0. The van der Waals surface area contributed by atoms with E-state index in [2.05, 4.69) is 0 Å². The Kier molecular flexibility index (Phi) is 8.54. The molecule has 0 spiro atoms. The van der Waals surface area contributed by atoms with E-state index in [1.807, 2.05) is 0 Å². The number of carbonyl (C=O) groups is 2. The number of carboxylic acid groups (broad SMARTS) is 2. The second kappa shape index (κ2) is 6.84. The van der Waals surface area contributed by atoms with Crippen molar-refractivity contribution in [3.05, 3.63) is 0 Å². The van der Waals surface area contributed by atoms with E-state index < -0.39 is 11.9 Å². The summed E-state index contributed by atoms with van der Waals surface area (Å²) in [6.07, 6.45) is 0. The Balaban J connectivity index is -0.000000135. The summed E-state index contributed by atoms with van der Waals surface area (Å²) >= 11 is 0. The third-order valence-corrected chi connectivity index (χ3v) is 0.810. The Hall–Kier alpha value is 0.160. The van der Waals surface area contributed by atoms with Crippen LogP contribution in [0, 0.1) is 0 Å². The van der Waals surface area contributed by atoms with Gasteiger partial charge in [0, 0.05) is 0 Å². The summed E-state index contributed by atoms with van der Waals surface area (Å²) in [6, 6.07) is 0. The van der Waals surface area contributed by atoms with Crippen LogP contribution in [-0.2, 0) is 9.59 Å². The summed E-state index contributed by atoms with van der Waals surface area (Å²) in [6.45, 7) is -0.488. The second-order valence-electron chi connectivity index (χ2n) is 1.96. The number of nitrogens with zero attached hydrogens (tertiary/aromatic N) is 1. The number of hydrogen-bond acceptors (Lipinski definition) is 3. The van der Waals surface area contributed by atoms with Gasteiger partial charge in [-0.3, -0.25) is 14.5 Å². The molecule has 0 aromatic heterocycles. The molecule has 0 unspecified atom stereocenters. The van der Waals surface area contributed by atoms with Gasteiger partial charge in [-0.1, -0.05) is 0 Å². The monoisotopic (exact) mass is 189 g/mol. The average molecular weight is 189 g/mol. The van der Waals surface area contributed by atoms with E-state index >= 15 is 0 Å². The maximum atomic E-state index is 9.96. The van der Waals surface area contributed by atoms with E-state index in [1.54, 1.807) is 0 Å². The van der Waals surface area contributed by atoms with Crippen LogP contribution in [0.2, 0.25) is 0 Å². The first kappa shape index (κ1) is 13.7. The van der Waals surface area contributed by atoms with Crippen LogP contribution in [0.5, 0.6) is 0 Å². The van der Waals surface area contributed by atoms with Crippen LogP contribution in [0.4, 0.5) is 0 Å². The van der Waals surface area contributed by atoms with Gasteiger partial charge in [0.05, 0.1) is 13.1 Å². The average Bonchev–Trinajstić information content (AvgIpc) is 1.58. The smallest absolute Gasteiger partial charge is 1.00 e. The van der Waals surface area contributed by atoms with E-state index in [-0.39, 0.29) is 53.7 Å². The van der Waals surface area contributed by atoms with Gasteiger partial charge in [-0.25, -0.2) is 0 Å². The third kappa shape index (κ3) is 10.2. The molecule has 0 saturated carbocycles. The van der Waals surface area contributed by atoms with Crippen molar-refractivity contribution < 1.29 is 22.7 Å². The molecule has 0 aromatic rings.